The minimum atomic E-state index is -1.53. The van der Waals surface area contributed by atoms with Gasteiger partial charge in [-0.15, -0.1) is 0 Å². The van der Waals surface area contributed by atoms with Gasteiger partial charge in [0.15, 0.2) is 5.54 Å². The third kappa shape index (κ3) is 3.28. The van der Waals surface area contributed by atoms with Crippen molar-refractivity contribution in [1.29, 1.82) is 0 Å². The van der Waals surface area contributed by atoms with Crippen LogP contribution in [0.3, 0.4) is 0 Å². The lowest BCUT2D eigenvalue weighted by Gasteiger charge is -2.31. The van der Waals surface area contributed by atoms with Gasteiger partial charge < -0.3 is 15.0 Å². The number of halogens is 2. The number of ether oxygens (including phenoxy) is 1. The van der Waals surface area contributed by atoms with Crippen molar-refractivity contribution in [3.05, 3.63) is 65.0 Å². The van der Waals surface area contributed by atoms with Gasteiger partial charge in [-0.1, -0.05) is 18.2 Å². The Morgan fingerprint density at radius 2 is 1.86 bits per heavy atom. The Hall–Kier alpha value is -3.49. The van der Waals surface area contributed by atoms with Gasteiger partial charge in [0.1, 0.15) is 24.8 Å². The molecular weight excluding hydrogens is 384 g/mol. The van der Waals surface area contributed by atoms with Crippen LogP contribution >= 0.6 is 0 Å². The van der Waals surface area contributed by atoms with Crippen molar-refractivity contribution in [2.24, 2.45) is 0 Å². The first-order chi connectivity index (χ1) is 13.9. The van der Waals surface area contributed by atoms with Gasteiger partial charge in [0, 0.05) is 12.1 Å². The summed E-state index contributed by atoms with van der Waals surface area (Å²) < 4.78 is 30.9. The smallest absolute Gasteiger partial charge is 0.322 e. The van der Waals surface area contributed by atoms with Crippen molar-refractivity contribution in [2.75, 3.05) is 19.8 Å². The molecule has 0 radical (unpaired) electrons. The molecule has 29 heavy (non-hydrogen) atoms. The van der Waals surface area contributed by atoms with Crippen molar-refractivity contribution in [1.82, 2.24) is 15.5 Å². The number of fused-ring (bicyclic) bond motifs is 1. The average molecular weight is 401 g/mol. The van der Waals surface area contributed by atoms with E-state index in [0.29, 0.717) is 16.9 Å². The number of urea groups is 1. The van der Waals surface area contributed by atoms with Gasteiger partial charge in [-0.05, 0) is 35.4 Å². The number of rotatable bonds is 6. The molecule has 4 amide bonds. The number of hydrogen-bond donors (Lipinski definition) is 2. The minimum Gasteiger partial charge on any atom is -0.491 e. The lowest BCUT2D eigenvalue weighted by atomic mass is 9.89. The van der Waals surface area contributed by atoms with E-state index in [0.717, 1.165) is 5.56 Å². The van der Waals surface area contributed by atoms with Gasteiger partial charge >= 0.3 is 6.03 Å². The highest BCUT2D eigenvalue weighted by Gasteiger charge is 2.50. The van der Waals surface area contributed by atoms with E-state index in [2.05, 4.69) is 10.6 Å². The van der Waals surface area contributed by atoms with E-state index < -0.39 is 30.0 Å². The van der Waals surface area contributed by atoms with Gasteiger partial charge in [0.25, 0.3) is 11.8 Å². The molecule has 1 atom stereocenters. The van der Waals surface area contributed by atoms with Crippen LogP contribution in [0.5, 0.6) is 5.75 Å². The van der Waals surface area contributed by atoms with Crippen molar-refractivity contribution >= 4 is 17.8 Å². The molecule has 0 aromatic heterocycles. The van der Waals surface area contributed by atoms with E-state index in [9.17, 15) is 23.2 Å². The van der Waals surface area contributed by atoms with Gasteiger partial charge in [-0.25, -0.2) is 13.6 Å². The molecule has 2 heterocycles. The molecule has 0 spiro atoms. The van der Waals surface area contributed by atoms with E-state index in [1.54, 1.807) is 12.1 Å². The number of alkyl halides is 1. The Labute approximate surface area is 164 Å². The number of carbonyl (C=O) groups is 3. The van der Waals surface area contributed by atoms with Crippen molar-refractivity contribution in [3.63, 3.8) is 0 Å². The van der Waals surface area contributed by atoms with E-state index in [1.165, 1.54) is 35.2 Å². The van der Waals surface area contributed by atoms with Gasteiger partial charge in [-0.3, -0.25) is 14.9 Å². The van der Waals surface area contributed by atoms with Crippen LogP contribution in [0.15, 0.2) is 42.5 Å². The largest absolute Gasteiger partial charge is 0.491 e. The Balaban J connectivity index is 1.63. The fraction of sp³-hybridized carbons (Fsp3) is 0.250. The standard InChI is InChI=1S/C20H17F2N3O4/c21-7-8-29-15-6-1-12-10-25(17(26)16(12)9-15)11-20(18(27)23-19(28)24-20)13-2-4-14(22)5-3-13/h1-6,9H,7-8,10-11H2,(H2,23,24,27,28). The second-order valence-corrected chi connectivity index (χ2v) is 6.84. The van der Waals surface area contributed by atoms with Crippen molar-refractivity contribution in [3.8, 4) is 5.75 Å². The van der Waals surface area contributed by atoms with E-state index in [4.69, 9.17) is 4.74 Å². The van der Waals surface area contributed by atoms with Crippen LogP contribution in [0.25, 0.3) is 0 Å². The minimum absolute atomic E-state index is 0.115. The number of benzene rings is 2. The normalized spacial score (nSPS) is 20.5. The predicted octanol–water partition coefficient (Wildman–Crippen LogP) is 1.86. The average Bonchev–Trinajstić information content (AvgIpc) is 3.17. The molecule has 0 saturated carbocycles. The molecule has 2 aromatic rings. The zero-order valence-electron chi connectivity index (χ0n) is 15.2. The molecule has 1 unspecified atom stereocenters. The number of amides is 4. The molecule has 7 nitrogen and oxygen atoms in total. The number of nitrogens with zero attached hydrogens (tertiary/aromatic N) is 1. The number of carbonyl (C=O) groups excluding carboxylic acids is 3. The number of hydrogen-bond acceptors (Lipinski definition) is 4. The second kappa shape index (κ2) is 7.16. The van der Waals surface area contributed by atoms with Gasteiger partial charge in [-0.2, -0.15) is 0 Å². The van der Waals surface area contributed by atoms with Gasteiger partial charge in [0.2, 0.25) is 0 Å². The van der Waals surface area contributed by atoms with Crippen LogP contribution in [0.2, 0.25) is 0 Å². The summed E-state index contributed by atoms with van der Waals surface area (Å²) in [5, 5.41) is 4.77. The maximum Gasteiger partial charge on any atom is 0.322 e. The Bertz CT molecular complexity index is 996. The highest BCUT2D eigenvalue weighted by molar-refractivity contribution is 6.08. The summed E-state index contributed by atoms with van der Waals surface area (Å²) in [5.41, 5.74) is -0.0596. The molecule has 0 bridgehead atoms. The first kappa shape index (κ1) is 18.9. The van der Waals surface area contributed by atoms with Crippen molar-refractivity contribution in [2.45, 2.75) is 12.1 Å². The van der Waals surface area contributed by atoms with Crippen LogP contribution in [0.1, 0.15) is 21.5 Å². The fourth-order valence-electron chi connectivity index (χ4n) is 3.63. The first-order valence-electron chi connectivity index (χ1n) is 8.93. The summed E-state index contributed by atoms with van der Waals surface area (Å²) in [5.74, 6) is -1.08. The molecule has 150 valence electrons. The predicted molar refractivity (Wildman–Crippen MR) is 97.4 cm³/mol. The zero-order valence-corrected chi connectivity index (χ0v) is 15.2. The lowest BCUT2D eigenvalue weighted by Crippen LogP contribution is -2.52. The topological polar surface area (TPSA) is 87.7 Å². The monoisotopic (exact) mass is 401 g/mol. The van der Waals surface area contributed by atoms with Crippen LogP contribution in [0.4, 0.5) is 13.6 Å². The molecular formula is C20H17F2N3O4. The van der Waals surface area contributed by atoms with Crippen LogP contribution in [-0.4, -0.2) is 42.6 Å². The summed E-state index contributed by atoms with van der Waals surface area (Å²) in [4.78, 5) is 38.9. The van der Waals surface area contributed by atoms with Gasteiger partial charge in [0.05, 0.1) is 6.54 Å². The molecule has 4 rings (SSSR count). The summed E-state index contributed by atoms with van der Waals surface area (Å²) in [6.07, 6.45) is 0. The highest BCUT2D eigenvalue weighted by Crippen LogP contribution is 2.32. The molecule has 1 saturated heterocycles. The van der Waals surface area contributed by atoms with E-state index >= 15 is 0 Å². The molecule has 2 N–H and O–H groups in total. The summed E-state index contributed by atoms with van der Waals surface area (Å²) >= 11 is 0. The zero-order chi connectivity index (χ0) is 20.6. The molecule has 2 aliphatic heterocycles. The highest BCUT2D eigenvalue weighted by atomic mass is 19.1. The quantitative estimate of drug-likeness (QED) is 0.724. The third-order valence-electron chi connectivity index (χ3n) is 5.01. The molecule has 0 aliphatic carbocycles. The SMILES string of the molecule is O=C1NC(=O)C(CN2Cc3ccc(OCCF)cc3C2=O)(c2ccc(F)cc2)N1. The second-order valence-electron chi connectivity index (χ2n) is 6.84. The summed E-state index contributed by atoms with van der Waals surface area (Å²) in [6.45, 7) is -0.670. The van der Waals surface area contributed by atoms with Crippen molar-refractivity contribution < 1.29 is 27.9 Å². The summed E-state index contributed by atoms with van der Waals surface area (Å²) in [7, 11) is 0. The Kier molecular flexibility index (Phi) is 4.65. The van der Waals surface area contributed by atoms with E-state index in [1.807, 2.05) is 0 Å². The lowest BCUT2D eigenvalue weighted by molar-refractivity contribution is -0.124. The van der Waals surface area contributed by atoms with E-state index in [-0.39, 0.29) is 25.6 Å². The van der Waals surface area contributed by atoms with Crippen LogP contribution in [-0.2, 0) is 16.9 Å². The first-order valence-corrected chi connectivity index (χ1v) is 8.93. The Morgan fingerprint density at radius 1 is 1.10 bits per heavy atom. The third-order valence-corrected chi connectivity index (χ3v) is 5.01. The molecule has 2 aliphatic rings. The number of imide groups is 1. The fourth-order valence-corrected chi connectivity index (χ4v) is 3.63. The maximum atomic E-state index is 13.4. The summed E-state index contributed by atoms with van der Waals surface area (Å²) in [6, 6.07) is 9.36. The van der Waals surface area contributed by atoms with Crippen LogP contribution in [0, 0.1) is 5.82 Å². The number of nitrogens with one attached hydrogen (secondary N) is 2. The van der Waals surface area contributed by atoms with Crippen LogP contribution < -0.4 is 15.4 Å². The molecule has 1 fully saturated rings. The maximum absolute atomic E-state index is 13.4. The molecule has 2 aromatic carbocycles. The molecule has 9 heteroatoms. The Morgan fingerprint density at radius 3 is 2.52 bits per heavy atom.